The topological polar surface area (TPSA) is 3.24 Å². The molecule has 0 aliphatic carbocycles. The molecule has 0 heterocycles. The molecule has 0 aromatic heterocycles. The molecular weight excluding hydrogens is 446 g/mol. The third-order valence-electron chi connectivity index (χ3n) is 7.89. The molecule has 0 radical (unpaired) electrons. The lowest BCUT2D eigenvalue weighted by Crippen LogP contribution is -2.20. The maximum absolute atomic E-state index is 2.59. The Balaban J connectivity index is 1.77. The van der Waals surface area contributed by atoms with Gasteiger partial charge in [0.25, 0.3) is 0 Å². The standard InChI is InChI=1S/C36H59N/c1-3-5-7-9-11-13-15-17-19-22-28-34-29-25-26-32-36(34)37(35-30-23-21-24-31-35)33-27-20-18-16-14-12-10-8-6-4-2/h21,23-26,29-32H,3-20,22,27-28,33H2,1-2H3. The third-order valence-corrected chi connectivity index (χ3v) is 7.89. The summed E-state index contributed by atoms with van der Waals surface area (Å²) in [6.45, 7) is 5.72. The average Bonchev–Trinajstić information content (AvgIpc) is 2.94. The number of aryl methyl sites for hydroxylation is 1. The van der Waals surface area contributed by atoms with E-state index >= 15 is 0 Å². The van der Waals surface area contributed by atoms with Crippen LogP contribution < -0.4 is 4.90 Å². The predicted molar refractivity (Wildman–Crippen MR) is 167 cm³/mol. The summed E-state index contributed by atoms with van der Waals surface area (Å²) in [7, 11) is 0. The monoisotopic (exact) mass is 505 g/mol. The van der Waals surface area contributed by atoms with E-state index in [-0.39, 0.29) is 0 Å². The zero-order valence-electron chi connectivity index (χ0n) is 24.7. The van der Waals surface area contributed by atoms with Crippen molar-refractivity contribution in [2.45, 2.75) is 149 Å². The van der Waals surface area contributed by atoms with Gasteiger partial charge in [0.2, 0.25) is 0 Å². The van der Waals surface area contributed by atoms with Crippen LogP contribution in [0.3, 0.4) is 0 Å². The van der Waals surface area contributed by atoms with E-state index in [9.17, 15) is 0 Å². The molecule has 0 N–H and O–H groups in total. The number of hydrogen-bond acceptors (Lipinski definition) is 1. The van der Waals surface area contributed by atoms with Crippen LogP contribution >= 0.6 is 0 Å². The fourth-order valence-electron chi connectivity index (χ4n) is 5.54. The van der Waals surface area contributed by atoms with E-state index < -0.39 is 0 Å². The highest BCUT2D eigenvalue weighted by Gasteiger charge is 2.13. The quantitative estimate of drug-likeness (QED) is 0.128. The van der Waals surface area contributed by atoms with Crippen molar-refractivity contribution in [3.63, 3.8) is 0 Å². The largest absolute Gasteiger partial charge is 0.341 e. The molecule has 2 aromatic carbocycles. The van der Waals surface area contributed by atoms with Crippen LogP contribution in [-0.4, -0.2) is 6.54 Å². The maximum Gasteiger partial charge on any atom is 0.0443 e. The Hall–Kier alpha value is -1.76. The third kappa shape index (κ3) is 14.7. The van der Waals surface area contributed by atoms with Gasteiger partial charge in [0.15, 0.2) is 0 Å². The summed E-state index contributed by atoms with van der Waals surface area (Å²) < 4.78 is 0. The van der Waals surface area contributed by atoms with Crippen molar-refractivity contribution in [1.29, 1.82) is 0 Å². The first-order valence-electron chi connectivity index (χ1n) is 16.3. The highest BCUT2D eigenvalue weighted by atomic mass is 15.1. The molecular formula is C36H59N. The summed E-state index contributed by atoms with van der Waals surface area (Å²) in [5.41, 5.74) is 4.30. The first kappa shape index (κ1) is 31.5. The minimum Gasteiger partial charge on any atom is -0.341 e. The number of anilines is 2. The minimum absolute atomic E-state index is 1.12. The first-order chi connectivity index (χ1) is 18.4. The van der Waals surface area contributed by atoms with Gasteiger partial charge >= 0.3 is 0 Å². The Morgan fingerprint density at radius 2 is 0.865 bits per heavy atom. The van der Waals surface area contributed by atoms with Gasteiger partial charge < -0.3 is 4.90 Å². The van der Waals surface area contributed by atoms with Gasteiger partial charge in [0.05, 0.1) is 0 Å². The molecule has 0 atom stereocenters. The number of benzene rings is 2. The molecule has 0 aliphatic heterocycles. The summed E-state index contributed by atoms with van der Waals surface area (Å²) >= 11 is 0. The van der Waals surface area contributed by atoms with Crippen molar-refractivity contribution in [3.8, 4) is 0 Å². The van der Waals surface area contributed by atoms with Crippen LogP contribution in [0, 0.1) is 0 Å². The van der Waals surface area contributed by atoms with E-state index in [0.29, 0.717) is 0 Å². The molecule has 0 amide bonds. The number of rotatable bonds is 24. The van der Waals surface area contributed by atoms with Crippen LogP contribution in [0.5, 0.6) is 0 Å². The van der Waals surface area contributed by atoms with Gasteiger partial charge in [-0.25, -0.2) is 0 Å². The fourth-order valence-corrected chi connectivity index (χ4v) is 5.54. The van der Waals surface area contributed by atoms with Crippen LogP contribution in [0.15, 0.2) is 54.6 Å². The minimum atomic E-state index is 1.12. The molecule has 2 rings (SSSR count). The second-order valence-electron chi connectivity index (χ2n) is 11.2. The lowest BCUT2D eigenvalue weighted by Gasteiger charge is -2.27. The molecule has 0 aliphatic rings. The van der Waals surface area contributed by atoms with Crippen LogP contribution in [-0.2, 0) is 6.42 Å². The normalized spacial score (nSPS) is 11.2. The van der Waals surface area contributed by atoms with Crippen LogP contribution in [0.4, 0.5) is 11.4 Å². The van der Waals surface area contributed by atoms with Crippen molar-refractivity contribution in [2.75, 3.05) is 11.4 Å². The fraction of sp³-hybridized carbons (Fsp3) is 0.667. The highest BCUT2D eigenvalue weighted by Crippen LogP contribution is 2.30. The molecule has 0 fully saturated rings. The van der Waals surface area contributed by atoms with Gasteiger partial charge in [-0.2, -0.15) is 0 Å². The maximum atomic E-state index is 2.59. The summed E-state index contributed by atoms with van der Waals surface area (Å²) in [4.78, 5) is 2.59. The first-order valence-corrected chi connectivity index (χ1v) is 16.3. The summed E-state index contributed by atoms with van der Waals surface area (Å²) in [5, 5.41) is 0. The number of nitrogens with zero attached hydrogens (tertiary/aromatic N) is 1. The second kappa shape index (κ2) is 22.2. The molecule has 37 heavy (non-hydrogen) atoms. The van der Waals surface area contributed by atoms with Crippen molar-refractivity contribution in [2.24, 2.45) is 0 Å². The molecule has 0 saturated heterocycles. The lowest BCUT2D eigenvalue weighted by atomic mass is 10.0. The van der Waals surface area contributed by atoms with Crippen LogP contribution in [0.25, 0.3) is 0 Å². The predicted octanol–water partition coefficient (Wildman–Crippen LogP) is 12.2. The van der Waals surface area contributed by atoms with E-state index in [0.717, 1.165) is 6.54 Å². The average molecular weight is 506 g/mol. The van der Waals surface area contributed by atoms with Gasteiger partial charge in [0.1, 0.15) is 0 Å². The van der Waals surface area contributed by atoms with Crippen molar-refractivity contribution < 1.29 is 0 Å². The van der Waals surface area contributed by atoms with Crippen molar-refractivity contribution in [1.82, 2.24) is 0 Å². The van der Waals surface area contributed by atoms with E-state index in [1.54, 1.807) is 0 Å². The number of hydrogen-bond donors (Lipinski definition) is 0. The smallest absolute Gasteiger partial charge is 0.0443 e. The Bertz CT molecular complexity index is 752. The van der Waals surface area contributed by atoms with Crippen molar-refractivity contribution >= 4 is 11.4 Å². The Morgan fingerprint density at radius 3 is 1.41 bits per heavy atom. The molecule has 1 heteroatoms. The van der Waals surface area contributed by atoms with Crippen LogP contribution in [0.1, 0.15) is 148 Å². The molecule has 2 aromatic rings. The Kier molecular flexibility index (Phi) is 18.9. The van der Waals surface area contributed by atoms with Gasteiger partial charge in [-0.05, 0) is 43.0 Å². The van der Waals surface area contributed by atoms with Gasteiger partial charge in [-0.15, -0.1) is 0 Å². The van der Waals surface area contributed by atoms with E-state index in [1.165, 1.54) is 152 Å². The zero-order valence-corrected chi connectivity index (χ0v) is 24.7. The van der Waals surface area contributed by atoms with Crippen LogP contribution in [0.2, 0.25) is 0 Å². The Morgan fingerprint density at radius 1 is 0.432 bits per heavy atom. The molecule has 208 valence electrons. The van der Waals surface area contributed by atoms with Gasteiger partial charge in [0, 0.05) is 17.9 Å². The molecule has 0 spiro atoms. The number of unbranched alkanes of at least 4 members (excludes halogenated alkanes) is 18. The summed E-state index contributed by atoms with van der Waals surface area (Å²) in [6.07, 6.45) is 29.1. The molecule has 0 unspecified atom stereocenters. The molecule has 1 nitrogen and oxygen atoms in total. The summed E-state index contributed by atoms with van der Waals surface area (Å²) in [6, 6.07) is 20.3. The second-order valence-corrected chi connectivity index (χ2v) is 11.2. The highest BCUT2D eigenvalue weighted by molar-refractivity contribution is 5.66. The zero-order chi connectivity index (χ0) is 26.2. The lowest BCUT2D eigenvalue weighted by molar-refractivity contribution is 0.555. The Labute approximate surface area is 231 Å². The molecule has 0 bridgehead atoms. The van der Waals surface area contributed by atoms with E-state index in [2.05, 4.69) is 73.3 Å². The summed E-state index contributed by atoms with van der Waals surface area (Å²) in [5.74, 6) is 0. The van der Waals surface area contributed by atoms with E-state index in [4.69, 9.17) is 0 Å². The number of para-hydroxylation sites is 2. The van der Waals surface area contributed by atoms with Crippen molar-refractivity contribution in [3.05, 3.63) is 60.2 Å². The SMILES string of the molecule is CCCCCCCCCCCCc1ccccc1N(CCCCCCCCCCCC)c1ccccc1. The molecule has 0 saturated carbocycles. The van der Waals surface area contributed by atoms with Gasteiger partial charge in [-0.1, -0.05) is 166 Å². The van der Waals surface area contributed by atoms with E-state index in [1.807, 2.05) is 0 Å². The van der Waals surface area contributed by atoms with Gasteiger partial charge in [-0.3, -0.25) is 0 Å².